The first-order valence-electron chi connectivity index (χ1n) is 3.13. The summed E-state index contributed by atoms with van der Waals surface area (Å²) in [6.45, 7) is 0. The summed E-state index contributed by atoms with van der Waals surface area (Å²) in [4.78, 5) is 10.1. The van der Waals surface area contributed by atoms with Crippen molar-refractivity contribution in [3.63, 3.8) is 0 Å². The second-order valence-electron chi connectivity index (χ2n) is 2.18. The van der Waals surface area contributed by atoms with Crippen LogP contribution < -0.4 is 34.7 Å². The van der Waals surface area contributed by atoms with Gasteiger partial charge in [0.2, 0.25) is 0 Å². The molecule has 1 aromatic carbocycles. The Hall–Kier alpha value is -0.0200. The minimum absolute atomic E-state index is 0. The molecular weight excluding hydrogens is 187 g/mol. The van der Waals surface area contributed by atoms with Crippen LogP contribution in [-0.4, -0.2) is 5.97 Å². The van der Waals surface area contributed by atoms with Crippen molar-refractivity contribution in [2.24, 2.45) is 0 Å². The molecule has 1 aromatic rings. The van der Waals surface area contributed by atoms with Crippen LogP contribution in [0.1, 0.15) is 5.56 Å². The zero-order valence-corrected chi connectivity index (χ0v) is 9.47. The number of carboxylic acids is 1. The van der Waals surface area contributed by atoms with Gasteiger partial charge in [0.1, 0.15) is 0 Å². The molecule has 0 fully saturated rings. The van der Waals surface area contributed by atoms with E-state index in [2.05, 4.69) is 0 Å². The molecule has 0 saturated carbocycles. The smallest absolute Gasteiger partial charge is 0.550 e. The van der Waals surface area contributed by atoms with Crippen molar-refractivity contribution in [1.29, 1.82) is 0 Å². The van der Waals surface area contributed by atoms with Crippen LogP contribution in [0.15, 0.2) is 24.3 Å². The quantitative estimate of drug-likeness (QED) is 0.492. The molecule has 0 N–H and O–H groups in total. The molecule has 0 bridgehead atoms. The minimum atomic E-state index is -1.09. The van der Waals surface area contributed by atoms with E-state index in [1.807, 2.05) is 0 Å². The SMILES string of the molecule is O=C([O-])Cc1cccc(Cl)c1.[Na+]. The molecule has 0 radical (unpaired) electrons. The van der Waals surface area contributed by atoms with Gasteiger partial charge in [0.05, 0.1) is 0 Å². The summed E-state index contributed by atoms with van der Waals surface area (Å²) < 4.78 is 0. The zero-order valence-electron chi connectivity index (χ0n) is 6.71. The Morgan fingerprint density at radius 2 is 2.17 bits per heavy atom. The molecule has 0 spiro atoms. The predicted molar refractivity (Wildman–Crippen MR) is 40.2 cm³/mol. The summed E-state index contributed by atoms with van der Waals surface area (Å²) in [6, 6.07) is 6.71. The number of carbonyl (C=O) groups excluding carboxylic acids is 1. The fraction of sp³-hybridized carbons (Fsp3) is 0.125. The summed E-state index contributed by atoms with van der Waals surface area (Å²) >= 11 is 5.61. The zero-order chi connectivity index (χ0) is 8.27. The first-order valence-corrected chi connectivity index (χ1v) is 3.50. The standard InChI is InChI=1S/C8H7ClO2.Na/c9-7-3-1-2-6(4-7)5-8(10)11;/h1-4H,5H2,(H,10,11);/q;+1/p-1. The van der Waals surface area contributed by atoms with Gasteiger partial charge in [-0.15, -0.1) is 0 Å². The molecule has 58 valence electrons. The molecule has 0 aliphatic carbocycles. The number of rotatable bonds is 2. The van der Waals surface area contributed by atoms with Crippen molar-refractivity contribution >= 4 is 17.6 Å². The Labute approximate surface area is 97.8 Å². The Bertz CT molecular complexity index is 276. The fourth-order valence-corrected chi connectivity index (χ4v) is 1.03. The third-order valence-electron chi connectivity index (χ3n) is 1.24. The van der Waals surface area contributed by atoms with E-state index in [1.54, 1.807) is 24.3 Å². The summed E-state index contributed by atoms with van der Waals surface area (Å²) in [5, 5.41) is 10.7. The number of hydrogen-bond acceptors (Lipinski definition) is 2. The van der Waals surface area contributed by atoms with Crippen LogP contribution in [0.25, 0.3) is 0 Å². The number of benzene rings is 1. The first kappa shape index (κ1) is 12.0. The fourth-order valence-electron chi connectivity index (χ4n) is 0.814. The molecule has 0 unspecified atom stereocenters. The number of carbonyl (C=O) groups is 1. The predicted octanol–water partition coefficient (Wildman–Crippen LogP) is -2.36. The van der Waals surface area contributed by atoms with Crippen LogP contribution in [0.5, 0.6) is 0 Å². The maximum atomic E-state index is 10.1. The van der Waals surface area contributed by atoms with E-state index in [4.69, 9.17) is 11.6 Å². The van der Waals surface area contributed by atoms with Gasteiger partial charge in [-0.1, -0.05) is 23.7 Å². The van der Waals surface area contributed by atoms with Crippen molar-refractivity contribution in [2.75, 3.05) is 0 Å². The Balaban J connectivity index is 0.00000121. The molecule has 2 nitrogen and oxygen atoms in total. The van der Waals surface area contributed by atoms with Gasteiger partial charge in [0.15, 0.2) is 0 Å². The molecule has 0 heterocycles. The van der Waals surface area contributed by atoms with E-state index < -0.39 is 5.97 Å². The largest absolute Gasteiger partial charge is 1.00 e. The molecule has 0 atom stereocenters. The summed E-state index contributed by atoms with van der Waals surface area (Å²) in [6.07, 6.45) is -0.0828. The molecule has 12 heavy (non-hydrogen) atoms. The summed E-state index contributed by atoms with van der Waals surface area (Å²) in [5.74, 6) is -1.09. The second-order valence-corrected chi connectivity index (χ2v) is 2.62. The summed E-state index contributed by atoms with van der Waals surface area (Å²) in [5.41, 5.74) is 0.664. The van der Waals surface area contributed by atoms with Gasteiger partial charge in [0.25, 0.3) is 0 Å². The van der Waals surface area contributed by atoms with Crippen molar-refractivity contribution in [3.8, 4) is 0 Å². The monoisotopic (exact) mass is 192 g/mol. The number of carboxylic acid groups (broad SMARTS) is 1. The van der Waals surface area contributed by atoms with Crippen LogP contribution in [0, 0.1) is 0 Å². The van der Waals surface area contributed by atoms with Crippen molar-refractivity contribution in [2.45, 2.75) is 6.42 Å². The van der Waals surface area contributed by atoms with Gasteiger partial charge in [-0.2, -0.15) is 0 Å². The third-order valence-corrected chi connectivity index (χ3v) is 1.47. The maximum Gasteiger partial charge on any atom is 1.00 e. The molecule has 0 saturated heterocycles. The van der Waals surface area contributed by atoms with Gasteiger partial charge >= 0.3 is 29.6 Å². The molecule has 1 rings (SSSR count). The molecule has 0 amide bonds. The van der Waals surface area contributed by atoms with E-state index in [-0.39, 0.29) is 36.0 Å². The maximum absolute atomic E-state index is 10.1. The van der Waals surface area contributed by atoms with Gasteiger partial charge in [-0.3, -0.25) is 0 Å². The van der Waals surface area contributed by atoms with Gasteiger partial charge in [0, 0.05) is 17.4 Å². The van der Waals surface area contributed by atoms with Crippen molar-refractivity contribution in [3.05, 3.63) is 34.9 Å². The van der Waals surface area contributed by atoms with Crippen LogP contribution in [-0.2, 0) is 11.2 Å². The van der Waals surface area contributed by atoms with E-state index in [1.165, 1.54) is 0 Å². The molecular formula is C8H6ClNaO2. The van der Waals surface area contributed by atoms with Gasteiger partial charge < -0.3 is 9.90 Å². The Morgan fingerprint density at radius 3 is 2.67 bits per heavy atom. The van der Waals surface area contributed by atoms with E-state index in [9.17, 15) is 9.90 Å². The van der Waals surface area contributed by atoms with Crippen molar-refractivity contribution < 1.29 is 39.5 Å². The average molecular weight is 193 g/mol. The summed E-state index contributed by atoms with van der Waals surface area (Å²) in [7, 11) is 0. The first-order chi connectivity index (χ1) is 5.18. The molecule has 0 aromatic heterocycles. The Kier molecular flexibility index (Phi) is 5.59. The number of hydrogen-bond donors (Lipinski definition) is 0. The normalized spacial score (nSPS) is 8.75. The topological polar surface area (TPSA) is 40.1 Å². The van der Waals surface area contributed by atoms with E-state index in [0.717, 1.165) is 0 Å². The van der Waals surface area contributed by atoms with Crippen LogP contribution in [0.4, 0.5) is 0 Å². The van der Waals surface area contributed by atoms with Gasteiger partial charge in [-0.25, -0.2) is 0 Å². The molecule has 0 aliphatic rings. The second kappa shape index (κ2) is 5.60. The van der Waals surface area contributed by atoms with Crippen LogP contribution >= 0.6 is 11.6 Å². The van der Waals surface area contributed by atoms with E-state index >= 15 is 0 Å². The van der Waals surface area contributed by atoms with Crippen molar-refractivity contribution in [1.82, 2.24) is 0 Å². The van der Waals surface area contributed by atoms with Crippen LogP contribution in [0.2, 0.25) is 5.02 Å². The average Bonchev–Trinajstić information content (AvgIpc) is 1.85. The van der Waals surface area contributed by atoms with E-state index in [0.29, 0.717) is 10.6 Å². The molecule has 4 heteroatoms. The number of aliphatic carboxylic acids is 1. The molecule has 0 aliphatic heterocycles. The number of halogens is 1. The Morgan fingerprint density at radius 1 is 1.50 bits per heavy atom. The minimum Gasteiger partial charge on any atom is -0.550 e. The third kappa shape index (κ3) is 4.12. The van der Waals surface area contributed by atoms with Gasteiger partial charge in [-0.05, 0) is 17.7 Å². The van der Waals surface area contributed by atoms with Crippen LogP contribution in [0.3, 0.4) is 0 Å².